The Morgan fingerprint density at radius 2 is 1.88 bits per heavy atom. The summed E-state index contributed by atoms with van der Waals surface area (Å²) in [6.07, 6.45) is 2.22. The Morgan fingerprint density at radius 1 is 1.00 bits per heavy atom. The van der Waals surface area contributed by atoms with E-state index in [0.29, 0.717) is 57.0 Å². The average Bonchev–Trinajstić information content (AvgIpc) is 3.52. The monoisotopic (exact) mass is 576 g/mol. The lowest BCUT2D eigenvalue weighted by Gasteiger charge is -2.33. The number of benzene rings is 3. The van der Waals surface area contributed by atoms with Gasteiger partial charge in [0.2, 0.25) is 5.88 Å². The van der Waals surface area contributed by atoms with E-state index in [1.54, 1.807) is 6.07 Å². The summed E-state index contributed by atoms with van der Waals surface area (Å²) >= 11 is 6.46. The molecule has 1 aromatic heterocycles. The number of ether oxygens (including phenoxy) is 2. The fraction of sp³-hybridized carbons (Fsp3) is 0.375. The molecule has 2 atom stereocenters. The first-order valence-corrected chi connectivity index (χ1v) is 14.6. The predicted molar refractivity (Wildman–Crippen MR) is 155 cm³/mol. The molecule has 212 valence electrons. The summed E-state index contributed by atoms with van der Waals surface area (Å²) in [7, 11) is 0. The SMILES string of the molecule is Fc1ccc2cccc(N3CCc4c(nc(OC[C@@]56CCCN5C[C@H](F)C6)nc4OCc4ccccc4)C3)c2c1Cl. The molecule has 0 radical (unpaired) electrons. The maximum Gasteiger partial charge on any atom is 0.320 e. The Balaban J connectivity index is 1.21. The molecular weight excluding hydrogens is 546 g/mol. The van der Waals surface area contributed by atoms with Gasteiger partial charge in [0.05, 0.1) is 22.8 Å². The van der Waals surface area contributed by atoms with Crippen LogP contribution in [0.4, 0.5) is 14.5 Å². The van der Waals surface area contributed by atoms with Crippen LogP contribution in [0.25, 0.3) is 10.8 Å². The van der Waals surface area contributed by atoms with Crippen LogP contribution in [0.3, 0.4) is 0 Å². The smallest absolute Gasteiger partial charge is 0.320 e. The largest absolute Gasteiger partial charge is 0.472 e. The quantitative estimate of drug-likeness (QED) is 0.250. The highest BCUT2D eigenvalue weighted by Gasteiger charge is 2.49. The molecule has 4 aromatic rings. The van der Waals surface area contributed by atoms with Crippen LogP contribution in [-0.2, 0) is 19.6 Å². The molecule has 41 heavy (non-hydrogen) atoms. The Kier molecular flexibility index (Phi) is 6.91. The number of alkyl halides is 1. The molecule has 0 aliphatic carbocycles. The molecule has 3 aliphatic rings. The first kappa shape index (κ1) is 26.4. The van der Waals surface area contributed by atoms with Crippen molar-refractivity contribution in [1.29, 1.82) is 0 Å². The van der Waals surface area contributed by atoms with Gasteiger partial charge in [-0.25, -0.2) is 8.78 Å². The van der Waals surface area contributed by atoms with E-state index in [1.165, 1.54) is 6.07 Å². The van der Waals surface area contributed by atoms with Gasteiger partial charge in [0.1, 0.15) is 25.2 Å². The highest BCUT2D eigenvalue weighted by Crippen LogP contribution is 2.41. The van der Waals surface area contributed by atoms with E-state index in [2.05, 4.69) is 9.80 Å². The van der Waals surface area contributed by atoms with Crippen LogP contribution in [0, 0.1) is 5.82 Å². The van der Waals surface area contributed by atoms with Crippen molar-refractivity contribution in [3.05, 3.63) is 88.3 Å². The van der Waals surface area contributed by atoms with Crippen LogP contribution in [-0.4, -0.2) is 52.8 Å². The van der Waals surface area contributed by atoms with Crippen LogP contribution in [0.5, 0.6) is 11.9 Å². The Hall–Kier alpha value is -3.49. The summed E-state index contributed by atoms with van der Waals surface area (Å²) in [5.41, 5.74) is 3.31. The van der Waals surface area contributed by atoms with Crippen LogP contribution >= 0.6 is 11.6 Å². The van der Waals surface area contributed by atoms with E-state index in [4.69, 9.17) is 31.0 Å². The zero-order valence-corrected chi connectivity index (χ0v) is 23.4. The Bertz CT molecular complexity index is 1590. The average molecular weight is 577 g/mol. The summed E-state index contributed by atoms with van der Waals surface area (Å²) in [6, 6.07) is 19.2. The summed E-state index contributed by atoms with van der Waals surface area (Å²) in [5.74, 6) is 0.0625. The molecule has 0 amide bonds. The van der Waals surface area contributed by atoms with Gasteiger partial charge in [-0.1, -0.05) is 60.1 Å². The molecule has 3 aromatic carbocycles. The molecule has 2 saturated heterocycles. The molecule has 0 unspecified atom stereocenters. The molecule has 0 spiro atoms. The van der Waals surface area contributed by atoms with E-state index in [-0.39, 0.29) is 16.6 Å². The van der Waals surface area contributed by atoms with Gasteiger partial charge in [0.15, 0.2) is 0 Å². The second kappa shape index (κ2) is 10.7. The summed E-state index contributed by atoms with van der Waals surface area (Å²) < 4.78 is 41.3. The number of aromatic nitrogens is 2. The van der Waals surface area contributed by atoms with Crippen molar-refractivity contribution in [1.82, 2.24) is 14.9 Å². The normalized spacial score (nSPS) is 22.1. The molecule has 4 heterocycles. The minimum atomic E-state index is -0.834. The Labute approximate surface area is 242 Å². The molecule has 7 rings (SSSR count). The summed E-state index contributed by atoms with van der Waals surface area (Å²) in [5, 5.41) is 1.68. The van der Waals surface area contributed by atoms with Gasteiger partial charge in [-0.3, -0.25) is 4.90 Å². The van der Waals surface area contributed by atoms with Gasteiger partial charge >= 0.3 is 6.01 Å². The number of halogens is 3. The van der Waals surface area contributed by atoms with Crippen LogP contribution in [0.2, 0.25) is 5.02 Å². The molecule has 0 N–H and O–H groups in total. The lowest BCUT2D eigenvalue weighted by Crippen LogP contribution is -2.43. The fourth-order valence-corrected chi connectivity index (χ4v) is 6.96. The zero-order chi connectivity index (χ0) is 28.0. The van der Waals surface area contributed by atoms with Gasteiger partial charge in [-0.15, -0.1) is 0 Å². The first-order chi connectivity index (χ1) is 20.0. The van der Waals surface area contributed by atoms with Gasteiger partial charge in [-0.05, 0) is 48.9 Å². The lowest BCUT2D eigenvalue weighted by atomic mass is 9.95. The minimum absolute atomic E-state index is 0.116. The second-order valence-corrected chi connectivity index (χ2v) is 11.7. The fourth-order valence-electron chi connectivity index (χ4n) is 6.69. The molecule has 9 heteroatoms. The van der Waals surface area contributed by atoms with Crippen molar-refractivity contribution in [3.63, 3.8) is 0 Å². The number of rotatable bonds is 7. The summed E-state index contributed by atoms with van der Waals surface area (Å²) in [6.45, 7) is 3.19. The zero-order valence-electron chi connectivity index (χ0n) is 22.7. The Morgan fingerprint density at radius 3 is 2.76 bits per heavy atom. The molecule has 3 aliphatic heterocycles. The second-order valence-electron chi connectivity index (χ2n) is 11.3. The van der Waals surface area contributed by atoms with Crippen LogP contribution < -0.4 is 14.4 Å². The molecule has 0 saturated carbocycles. The van der Waals surface area contributed by atoms with Gasteiger partial charge in [-0.2, -0.15) is 9.97 Å². The maximum absolute atomic E-state index is 14.5. The maximum atomic E-state index is 14.5. The third kappa shape index (κ3) is 4.97. The van der Waals surface area contributed by atoms with E-state index < -0.39 is 12.0 Å². The van der Waals surface area contributed by atoms with Gasteiger partial charge in [0, 0.05) is 36.1 Å². The van der Waals surface area contributed by atoms with Crippen molar-refractivity contribution in [3.8, 4) is 11.9 Å². The third-order valence-electron chi connectivity index (χ3n) is 8.71. The van der Waals surface area contributed by atoms with Crippen LogP contribution in [0.1, 0.15) is 36.1 Å². The minimum Gasteiger partial charge on any atom is -0.472 e. The van der Waals surface area contributed by atoms with Crippen molar-refractivity contribution in [2.24, 2.45) is 0 Å². The van der Waals surface area contributed by atoms with Crippen molar-refractivity contribution < 1.29 is 18.3 Å². The first-order valence-electron chi connectivity index (χ1n) is 14.2. The number of fused-ring (bicyclic) bond motifs is 3. The van der Waals surface area contributed by atoms with Crippen molar-refractivity contribution in [2.75, 3.05) is 31.1 Å². The predicted octanol–water partition coefficient (Wildman–Crippen LogP) is 6.52. The standard InChI is InChI=1S/C32H31ClF2N4O2/c33-29-25(35)11-10-22-8-4-9-27(28(22)29)38-15-12-24-26(18-38)36-31(37-30(24)40-19-21-6-2-1-3-7-21)41-20-32-13-5-14-39(32)17-23(34)16-32/h1-4,6-11,23H,5,12-20H2/t23-,32+/m1/s1. The number of hydrogen-bond donors (Lipinski definition) is 0. The van der Waals surface area contributed by atoms with E-state index in [1.807, 2.05) is 48.5 Å². The summed E-state index contributed by atoms with van der Waals surface area (Å²) in [4.78, 5) is 13.9. The third-order valence-corrected chi connectivity index (χ3v) is 9.08. The van der Waals surface area contributed by atoms with Crippen molar-refractivity contribution >= 4 is 28.1 Å². The van der Waals surface area contributed by atoms with Gasteiger partial charge in [0.25, 0.3) is 0 Å². The lowest BCUT2D eigenvalue weighted by molar-refractivity contribution is 0.106. The molecule has 2 fully saturated rings. The molecular formula is C32H31ClF2N4O2. The topological polar surface area (TPSA) is 50.7 Å². The highest BCUT2D eigenvalue weighted by atomic mass is 35.5. The van der Waals surface area contributed by atoms with E-state index in [0.717, 1.165) is 47.3 Å². The van der Waals surface area contributed by atoms with Gasteiger partial charge < -0.3 is 14.4 Å². The number of hydrogen-bond acceptors (Lipinski definition) is 6. The van der Waals surface area contributed by atoms with Crippen LogP contribution in [0.15, 0.2) is 60.7 Å². The highest BCUT2D eigenvalue weighted by molar-refractivity contribution is 6.36. The van der Waals surface area contributed by atoms with E-state index in [9.17, 15) is 8.78 Å². The van der Waals surface area contributed by atoms with E-state index >= 15 is 0 Å². The number of anilines is 1. The number of nitrogens with zero attached hydrogens (tertiary/aromatic N) is 4. The van der Waals surface area contributed by atoms with Crippen molar-refractivity contribution in [2.45, 2.75) is 50.5 Å². The molecule has 0 bridgehead atoms. The molecule has 6 nitrogen and oxygen atoms in total.